The summed E-state index contributed by atoms with van der Waals surface area (Å²) in [6, 6.07) is 6.91. The molecule has 0 heterocycles. The number of anilines is 1. The first kappa shape index (κ1) is 15.6. The molecular formula is C15H21N3O2S. The Balaban J connectivity index is 1.79. The van der Waals surface area contributed by atoms with Crippen LogP contribution in [-0.4, -0.2) is 22.2 Å². The highest BCUT2D eigenvalue weighted by Gasteiger charge is 2.21. The lowest BCUT2D eigenvalue weighted by atomic mass is 9.86. The van der Waals surface area contributed by atoms with Crippen LogP contribution in [0.2, 0.25) is 0 Å². The van der Waals surface area contributed by atoms with Gasteiger partial charge in [-0.3, -0.25) is 10.9 Å². The van der Waals surface area contributed by atoms with Crippen molar-refractivity contribution in [1.82, 2.24) is 10.7 Å². The summed E-state index contributed by atoms with van der Waals surface area (Å²) in [6.45, 7) is 2.25. The minimum atomic E-state index is -0.932. The first-order chi connectivity index (χ1) is 10.1. The fourth-order valence-electron chi connectivity index (χ4n) is 2.56. The topological polar surface area (TPSA) is 73.4 Å². The molecule has 6 heteroatoms. The van der Waals surface area contributed by atoms with E-state index >= 15 is 0 Å². The predicted octanol–water partition coefficient (Wildman–Crippen LogP) is 2.75. The summed E-state index contributed by atoms with van der Waals surface area (Å²) in [6.07, 6.45) is 4.93. The van der Waals surface area contributed by atoms with Crippen LogP contribution in [0.25, 0.3) is 0 Å². The summed E-state index contributed by atoms with van der Waals surface area (Å²) < 4.78 is 0. The van der Waals surface area contributed by atoms with Crippen molar-refractivity contribution in [2.24, 2.45) is 5.92 Å². The van der Waals surface area contributed by atoms with Crippen LogP contribution in [0.1, 0.15) is 43.0 Å². The van der Waals surface area contributed by atoms with Gasteiger partial charge in [0.2, 0.25) is 0 Å². The van der Waals surface area contributed by atoms with Crippen LogP contribution in [0.3, 0.4) is 0 Å². The van der Waals surface area contributed by atoms with Gasteiger partial charge in [0.25, 0.3) is 0 Å². The Morgan fingerprint density at radius 3 is 2.52 bits per heavy atom. The van der Waals surface area contributed by atoms with Gasteiger partial charge in [-0.25, -0.2) is 4.79 Å². The molecule has 4 N–H and O–H groups in total. The number of hydrogen-bond acceptors (Lipinski definition) is 3. The molecule has 1 saturated carbocycles. The Morgan fingerprint density at radius 2 is 1.90 bits per heavy atom. The van der Waals surface area contributed by atoms with E-state index in [9.17, 15) is 4.79 Å². The summed E-state index contributed by atoms with van der Waals surface area (Å²) in [7, 11) is 0. The molecule has 5 nitrogen and oxygen atoms in total. The van der Waals surface area contributed by atoms with Crippen molar-refractivity contribution < 1.29 is 9.90 Å². The van der Waals surface area contributed by atoms with Gasteiger partial charge in [-0.2, -0.15) is 0 Å². The minimum absolute atomic E-state index is 0.261. The molecule has 0 unspecified atom stereocenters. The van der Waals surface area contributed by atoms with Crippen LogP contribution < -0.4 is 16.2 Å². The maximum Gasteiger partial charge on any atom is 0.335 e. The van der Waals surface area contributed by atoms with Crippen molar-refractivity contribution in [3.05, 3.63) is 29.8 Å². The Bertz CT molecular complexity index is 504. The van der Waals surface area contributed by atoms with E-state index in [0.29, 0.717) is 17.1 Å². The second-order valence-corrected chi connectivity index (χ2v) is 5.88. The highest BCUT2D eigenvalue weighted by molar-refractivity contribution is 7.80. The number of hydrogen-bond donors (Lipinski definition) is 4. The maximum absolute atomic E-state index is 10.8. The van der Waals surface area contributed by atoms with Gasteiger partial charge >= 0.3 is 5.97 Å². The number of carboxylic acid groups (broad SMARTS) is 1. The third-order valence-corrected chi connectivity index (χ3v) is 4.10. The van der Waals surface area contributed by atoms with E-state index in [4.69, 9.17) is 17.3 Å². The van der Waals surface area contributed by atoms with Crippen molar-refractivity contribution >= 4 is 29.0 Å². The molecule has 1 aliphatic rings. The van der Waals surface area contributed by atoms with Crippen LogP contribution >= 0.6 is 12.2 Å². The van der Waals surface area contributed by atoms with Crippen LogP contribution in [0.5, 0.6) is 0 Å². The number of carboxylic acids is 1. The molecule has 0 amide bonds. The highest BCUT2D eigenvalue weighted by Crippen LogP contribution is 2.23. The van der Waals surface area contributed by atoms with E-state index in [1.165, 1.54) is 19.3 Å². The monoisotopic (exact) mass is 307 g/mol. The van der Waals surface area contributed by atoms with E-state index in [1.54, 1.807) is 24.3 Å². The van der Waals surface area contributed by atoms with Crippen LogP contribution in [-0.2, 0) is 0 Å². The third kappa shape index (κ3) is 4.60. The maximum atomic E-state index is 10.8. The lowest BCUT2D eigenvalue weighted by Gasteiger charge is -2.30. The zero-order valence-electron chi connectivity index (χ0n) is 12.1. The molecule has 1 aromatic rings. The predicted molar refractivity (Wildman–Crippen MR) is 87.3 cm³/mol. The van der Waals surface area contributed by atoms with Crippen molar-refractivity contribution in [1.29, 1.82) is 0 Å². The molecule has 2 atom stereocenters. The number of rotatable bonds is 4. The lowest BCUT2D eigenvalue weighted by Crippen LogP contribution is -2.47. The summed E-state index contributed by atoms with van der Waals surface area (Å²) in [4.78, 5) is 10.8. The second kappa shape index (κ2) is 7.26. The molecule has 0 bridgehead atoms. The molecular weight excluding hydrogens is 286 g/mol. The van der Waals surface area contributed by atoms with Gasteiger partial charge in [0, 0.05) is 6.04 Å². The molecule has 0 aliphatic heterocycles. The first-order valence-corrected chi connectivity index (χ1v) is 7.63. The Hall–Kier alpha value is -1.82. The molecule has 2 rings (SSSR count). The van der Waals surface area contributed by atoms with E-state index in [1.807, 2.05) is 0 Å². The quantitative estimate of drug-likeness (QED) is 0.506. The molecule has 21 heavy (non-hydrogen) atoms. The molecule has 0 aromatic heterocycles. The number of aromatic carboxylic acids is 1. The average Bonchev–Trinajstić information content (AvgIpc) is 2.48. The summed E-state index contributed by atoms with van der Waals surface area (Å²) in [5.41, 5.74) is 6.93. The van der Waals surface area contributed by atoms with E-state index in [-0.39, 0.29) is 5.56 Å². The van der Waals surface area contributed by atoms with Gasteiger partial charge in [-0.05, 0) is 55.2 Å². The second-order valence-electron chi connectivity index (χ2n) is 5.47. The average molecular weight is 307 g/mol. The van der Waals surface area contributed by atoms with E-state index < -0.39 is 5.97 Å². The van der Waals surface area contributed by atoms with Crippen molar-refractivity contribution in [3.63, 3.8) is 0 Å². The highest BCUT2D eigenvalue weighted by atomic mass is 32.1. The van der Waals surface area contributed by atoms with Crippen molar-refractivity contribution in [2.45, 2.75) is 38.6 Å². The fourth-order valence-corrected chi connectivity index (χ4v) is 2.76. The summed E-state index contributed by atoms with van der Waals surface area (Å²) >= 11 is 5.28. The molecule has 0 spiro atoms. The van der Waals surface area contributed by atoms with E-state index in [2.05, 4.69) is 23.1 Å². The van der Waals surface area contributed by atoms with Gasteiger partial charge in [0.1, 0.15) is 0 Å². The molecule has 1 aliphatic carbocycles. The smallest absolute Gasteiger partial charge is 0.335 e. The third-order valence-electron chi connectivity index (χ3n) is 3.88. The summed E-state index contributed by atoms with van der Waals surface area (Å²) in [5.74, 6) is -0.300. The summed E-state index contributed by atoms with van der Waals surface area (Å²) in [5, 5.41) is 12.7. The number of nitrogens with one attached hydrogen (secondary N) is 3. The number of carbonyl (C=O) groups is 1. The van der Waals surface area contributed by atoms with Crippen LogP contribution in [0.4, 0.5) is 5.69 Å². The SMILES string of the molecule is C[C@@H]1CCCC[C@H]1NC(=S)NNc1ccc(C(=O)O)cc1. The largest absolute Gasteiger partial charge is 0.478 e. The van der Waals surface area contributed by atoms with Crippen molar-refractivity contribution in [3.8, 4) is 0 Å². The first-order valence-electron chi connectivity index (χ1n) is 7.22. The van der Waals surface area contributed by atoms with Gasteiger partial charge in [0.15, 0.2) is 5.11 Å². The lowest BCUT2D eigenvalue weighted by molar-refractivity contribution is 0.0697. The number of thiocarbonyl (C=S) groups is 1. The van der Waals surface area contributed by atoms with Gasteiger partial charge in [-0.15, -0.1) is 0 Å². The molecule has 114 valence electrons. The van der Waals surface area contributed by atoms with Crippen LogP contribution in [0, 0.1) is 5.92 Å². The number of hydrazine groups is 1. The Morgan fingerprint density at radius 1 is 1.24 bits per heavy atom. The number of benzene rings is 1. The van der Waals surface area contributed by atoms with Gasteiger partial charge in [0.05, 0.1) is 11.3 Å². The Kier molecular flexibility index (Phi) is 5.38. The fraction of sp³-hybridized carbons (Fsp3) is 0.467. The van der Waals surface area contributed by atoms with Crippen LogP contribution in [0.15, 0.2) is 24.3 Å². The zero-order valence-corrected chi connectivity index (χ0v) is 12.9. The van der Waals surface area contributed by atoms with E-state index in [0.717, 1.165) is 12.1 Å². The van der Waals surface area contributed by atoms with Crippen molar-refractivity contribution in [2.75, 3.05) is 5.43 Å². The Labute approximate surface area is 130 Å². The zero-order chi connectivity index (χ0) is 15.2. The van der Waals surface area contributed by atoms with Gasteiger partial charge in [-0.1, -0.05) is 19.8 Å². The molecule has 1 fully saturated rings. The standard InChI is InChI=1S/C15H21N3O2S/c1-10-4-2-3-5-13(10)16-15(21)18-17-12-8-6-11(7-9-12)14(19)20/h6-10,13,17H,2-5H2,1H3,(H,19,20)(H2,16,18,21)/t10-,13-/m1/s1. The molecule has 0 saturated heterocycles. The minimum Gasteiger partial charge on any atom is -0.478 e. The van der Waals surface area contributed by atoms with Gasteiger partial charge < -0.3 is 10.4 Å². The molecule has 1 aromatic carbocycles. The molecule has 0 radical (unpaired) electrons. The normalized spacial score (nSPS) is 21.4.